The first kappa shape index (κ1) is 37.6. The van der Waals surface area contributed by atoms with Gasteiger partial charge in [0.05, 0.1) is 23.1 Å². The monoisotopic (exact) mass is 736 g/mol. The van der Waals surface area contributed by atoms with Crippen LogP contribution in [0.4, 0.5) is 8.78 Å². The normalized spacial score (nSPS) is 22.1. The summed E-state index contributed by atoms with van der Waals surface area (Å²) in [4.78, 5) is 57.6. The number of nitrogens with two attached hydrogens (primary N) is 1. The Morgan fingerprint density at radius 2 is 1.92 bits per heavy atom. The quantitative estimate of drug-likeness (QED) is 0.0679. The lowest BCUT2D eigenvalue weighted by molar-refractivity contribution is -0.132. The number of likely N-dealkylation sites (N-methyl/N-ethyl adjacent to an activating group) is 1. The van der Waals surface area contributed by atoms with Gasteiger partial charge in [0.15, 0.2) is 11.5 Å². The number of halogens is 2. The van der Waals surface area contributed by atoms with E-state index in [9.17, 15) is 28.0 Å². The van der Waals surface area contributed by atoms with E-state index in [-0.39, 0.29) is 36.3 Å². The maximum atomic E-state index is 14.7. The van der Waals surface area contributed by atoms with Crippen LogP contribution in [0.5, 0.6) is 0 Å². The number of aromatic nitrogens is 2. The first-order chi connectivity index (χ1) is 25.0. The largest absolute Gasteiger partial charge is 0.454 e. The van der Waals surface area contributed by atoms with E-state index in [1.165, 1.54) is 11.9 Å². The van der Waals surface area contributed by atoms with Crippen LogP contribution in [0.2, 0.25) is 0 Å². The molecule has 11 nitrogen and oxygen atoms in total. The lowest BCUT2D eigenvalue weighted by Crippen LogP contribution is -2.54. The first-order valence-corrected chi connectivity index (χ1v) is 18.9. The molecule has 1 aliphatic heterocycles. The molecule has 52 heavy (non-hydrogen) atoms. The number of amides is 2. The smallest absolute Gasteiger partial charge is 0.278 e. The number of rotatable bonds is 15. The van der Waals surface area contributed by atoms with Crippen LogP contribution in [0.15, 0.2) is 63.8 Å². The molecule has 0 spiro atoms. The third-order valence-corrected chi connectivity index (χ3v) is 11.2. The second-order valence-corrected chi connectivity index (χ2v) is 15.4. The minimum absolute atomic E-state index is 0.242. The number of aromatic amines is 1. The van der Waals surface area contributed by atoms with Crippen molar-refractivity contribution in [2.24, 2.45) is 11.7 Å². The Morgan fingerprint density at radius 1 is 1.15 bits per heavy atom. The van der Waals surface area contributed by atoms with Gasteiger partial charge < -0.3 is 25.2 Å². The number of H-pyrrole nitrogens is 1. The highest BCUT2D eigenvalue weighted by Crippen LogP contribution is 2.51. The number of alkyl halides is 2. The molecule has 4 aromatic rings. The molecule has 3 aliphatic rings. The fourth-order valence-corrected chi connectivity index (χ4v) is 7.62. The number of fused-ring (bicyclic) bond motifs is 2. The van der Waals surface area contributed by atoms with Crippen molar-refractivity contribution in [3.63, 3.8) is 0 Å². The molecule has 2 amide bonds. The van der Waals surface area contributed by atoms with Gasteiger partial charge in [-0.1, -0.05) is 43.2 Å². The van der Waals surface area contributed by atoms with Crippen molar-refractivity contribution in [3.05, 3.63) is 65.0 Å². The summed E-state index contributed by atoms with van der Waals surface area (Å²) in [6, 6.07) is 16.1. The van der Waals surface area contributed by atoms with Crippen LogP contribution >= 0.6 is 11.9 Å². The van der Waals surface area contributed by atoms with E-state index in [1.54, 1.807) is 0 Å². The number of hydrogen-bond acceptors (Lipinski definition) is 9. The maximum Gasteiger partial charge on any atom is 0.278 e. The van der Waals surface area contributed by atoms with Gasteiger partial charge in [0.2, 0.25) is 11.8 Å². The van der Waals surface area contributed by atoms with Crippen LogP contribution < -0.4 is 21.3 Å². The molecule has 2 aliphatic carbocycles. The number of furan rings is 1. The zero-order valence-electron chi connectivity index (χ0n) is 29.2. The number of benzene rings is 2. The lowest BCUT2D eigenvalue weighted by Gasteiger charge is -2.25. The minimum Gasteiger partial charge on any atom is -0.454 e. The average molecular weight is 737 g/mol. The van der Waals surface area contributed by atoms with Crippen molar-refractivity contribution in [1.82, 2.24) is 24.9 Å². The third-order valence-electron chi connectivity index (χ3n) is 10.1. The van der Waals surface area contributed by atoms with E-state index in [4.69, 9.17) is 10.2 Å². The molecule has 0 radical (unpaired) electrons. The Morgan fingerprint density at radius 3 is 2.65 bits per heavy atom. The van der Waals surface area contributed by atoms with E-state index in [0.717, 1.165) is 47.8 Å². The van der Waals surface area contributed by atoms with E-state index < -0.39 is 29.8 Å². The Hall–Kier alpha value is -4.14. The van der Waals surface area contributed by atoms with Crippen LogP contribution in [-0.4, -0.2) is 75.4 Å². The van der Waals surface area contributed by atoms with Crippen molar-refractivity contribution in [3.8, 4) is 11.5 Å². The van der Waals surface area contributed by atoms with Crippen LogP contribution in [-0.2, 0) is 14.4 Å². The number of carbonyl (C=O) groups is 3. The third kappa shape index (κ3) is 9.25. The number of para-hydroxylation sites is 3. The van der Waals surface area contributed by atoms with Gasteiger partial charge >= 0.3 is 0 Å². The average Bonchev–Trinajstić information content (AvgIpc) is 3.98. The molecular formula is C38H46F2N6O5S. The van der Waals surface area contributed by atoms with Crippen molar-refractivity contribution < 1.29 is 27.6 Å². The molecule has 14 heteroatoms. The molecule has 3 fully saturated rings. The van der Waals surface area contributed by atoms with Gasteiger partial charge in [-0.3, -0.25) is 24.0 Å². The number of nitrogens with one attached hydrogen (secondary N) is 3. The summed E-state index contributed by atoms with van der Waals surface area (Å²) in [5.41, 5.74) is 6.55. The summed E-state index contributed by atoms with van der Waals surface area (Å²) in [6.07, 6.45) is 5.98. The van der Waals surface area contributed by atoms with Gasteiger partial charge in [-0.15, -0.1) is 0 Å². The van der Waals surface area contributed by atoms with E-state index >= 15 is 0 Å². The summed E-state index contributed by atoms with van der Waals surface area (Å²) in [5.74, 6) is -3.59. The summed E-state index contributed by atoms with van der Waals surface area (Å²) >= 11 is 1.34. The van der Waals surface area contributed by atoms with Crippen LogP contribution in [0.3, 0.4) is 0 Å². The van der Waals surface area contributed by atoms with E-state index in [2.05, 4.69) is 20.0 Å². The molecule has 4 atom stereocenters. The summed E-state index contributed by atoms with van der Waals surface area (Å²) < 4.78 is 37.8. The number of hydrogen-bond donors (Lipinski definition) is 4. The summed E-state index contributed by atoms with van der Waals surface area (Å²) in [6.45, 7) is 0.814. The van der Waals surface area contributed by atoms with Gasteiger partial charge in [0.25, 0.3) is 11.5 Å². The van der Waals surface area contributed by atoms with Crippen molar-refractivity contribution >= 4 is 52.1 Å². The fraction of sp³-hybridized carbons (Fsp3) is 0.500. The van der Waals surface area contributed by atoms with Gasteiger partial charge in [0, 0.05) is 23.5 Å². The first-order valence-electron chi connectivity index (χ1n) is 18.0. The number of aldehydes is 1. The molecule has 278 valence electrons. The standard InChI is InChI=1S/C22H36F2N4O3S.C16H10N2O2/c1-28-11-5-7-18(28)19(30)26-22(20(31)27-32-17-8-9-17)13-15(22)12-21(23,24)10-4-2-3-6-16(25)14-29;19-16-15(17-11-6-2-3-7-12(11)18-16)14-9-10-5-1-4-8-13(10)20-14/h14-18H,2-13,25H2,1H3,(H,26,30)(H,27,31);1-9H,(H,18,19)/t15?,16-,18?,22+;/m0./s1. The Labute approximate surface area is 305 Å². The number of nitrogens with zero attached hydrogens (tertiary/aromatic N) is 2. The van der Waals surface area contributed by atoms with Crippen molar-refractivity contribution in [2.75, 3.05) is 13.6 Å². The fourth-order valence-electron chi connectivity index (χ4n) is 6.79. The maximum absolute atomic E-state index is 14.7. The van der Waals surface area contributed by atoms with Crippen LogP contribution in [0, 0.1) is 5.92 Å². The van der Waals surface area contributed by atoms with Crippen LogP contribution in [0.25, 0.3) is 33.5 Å². The number of carbonyl (C=O) groups excluding carboxylic acids is 3. The molecular weight excluding hydrogens is 691 g/mol. The Bertz CT molecular complexity index is 1920. The number of unbranched alkanes of at least 4 members (excludes halogenated alkanes) is 2. The van der Waals surface area contributed by atoms with Gasteiger partial charge in [-0.05, 0) is 101 Å². The van der Waals surface area contributed by atoms with Gasteiger partial charge in [-0.2, -0.15) is 0 Å². The Kier molecular flexibility index (Phi) is 11.8. The van der Waals surface area contributed by atoms with Crippen molar-refractivity contribution in [2.45, 2.75) is 99.4 Å². The molecule has 2 saturated carbocycles. The highest BCUT2D eigenvalue weighted by atomic mass is 32.2. The molecule has 2 aromatic heterocycles. The summed E-state index contributed by atoms with van der Waals surface area (Å²) in [7, 11) is 1.87. The predicted molar refractivity (Wildman–Crippen MR) is 198 cm³/mol. The molecule has 7 rings (SSSR count). The highest BCUT2D eigenvalue weighted by molar-refractivity contribution is 7.98. The molecule has 1 saturated heterocycles. The van der Waals surface area contributed by atoms with Crippen molar-refractivity contribution in [1.29, 1.82) is 0 Å². The zero-order chi connectivity index (χ0) is 36.9. The molecule has 5 N–H and O–H groups in total. The molecule has 3 heterocycles. The van der Waals surface area contributed by atoms with E-state index in [0.29, 0.717) is 55.1 Å². The second-order valence-electron chi connectivity index (χ2n) is 14.3. The predicted octanol–water partition coefficient (Wildman–Crippen LogP) is 5.72. The SMILES string of the molecule is CN1CCCC1C(=O)N[C@]1(C(=O)NSC2CC2)CC1CC(F)(F)CCCCC[C@H](N)C=O.O=c1[nH]c2ccccc2nc1-c1cc2ccccc2o1. The Balaban J connectivity index is 0.000000197. The highest BCUT2D eigenvalue weighted by Gasteiger charge is 2.63. The minimum atomic E-state index is -2.90. The molecule has 2 aromatic carbocycles. The topological polar surface area (TPSA) is 163 Å². The molecule has 2 unspecified atom stereocenters. The number of likely N-dealkylation sites (tertiary alicyclic amines) is 1. The second kappa shape index (κ2) is 16.3. The van der Waals surface area contributed by atoms with Crippen LogP contribution in [0.1, 0.15) is 70.6 Å². The van der Waals surface area contributed by atoms with Gasteiger partial charge in [0.1, 0.15) is 17.4 Å². The van der Waals surface area contributed by atoms with Gasteiger partial charge in [-0.25, -0.2) is 13.8 Å². The zero-order valence-corrected chi connectivity index (χ0v) is 30.1. The lowest BCUT2D eigenvalue weighted by atomic mass is 10.00. The van der Waals surface area contributed by atoms with E-state index in [1.807, 2.05) is 66.5 Å². The summed E-state index contributed by atoms with van der Waals surface area (Å²) in [5, 5.41) is 4.21. The molecule has 0 bridgehead atoms.